The highest BCUT2D eigenvalue weighted by atomic mass is 16.2. The van der Waals surface area contributed by atoms with Gasteiger partial charge in [0.15, 0.2) is 5.69 Å². The first-order chi connectivity index (χ1) is 18.1. The Morgan fingerprint density at radius 2 is 1.62 bits per heavy atom. The Hall–Kier alpha value is -4.73. The van der Waals surface area contributed by atoms with Gasteiger partial charge in [0.25, 0.3) is 5.91 Å². The highest BCUT2D eigenvalue weighted by Gasteiger charge is 2.29. The molecule has 0 aliphatic heterocycles. The third-order valence-corrected chi connectivity index (χ3v) is 5.23. The van der Waals surface area contributed by atoms with Crippen LogP contribution in [0.4, 0.5) is 11.4 Å². The number of hydrogen-bond donors (Lipinski definition) is 3. The molecular formula is C27H30N6O4. The minimum absolute atomic E-state index is 0.0359. The van der Waals surface area contributed by atoms with E-state index in [2.05, 4.69) is 30.8 Å². The zero-order valence-electron chi connectivity index (χ0n) is 21.1. The Balaban J connectivity index is 0.000000750. The first-order valence-corrected chi connectivity index (χ1v) is 11.6. The van der Waals surface area contributed by atoms with Gasteiger partial charge in [0.2, 0.25) is 5.91 Å². The van der Waals surface area contributed by atoms with Crippen LogP contribution in [0, 0.1) is 12.8 Å². The second-order valence-corrected chi connectivity index (χ2v) is 7.70. The fourth-order valence-electron chi connectivity index (χ4n) is 3.35. The van der Waals surface area contributed by atoms with E-state index in [0.717, 1.165) is 35.2 Å². The van der Waals surface area contributed by atoms with Crippen molar-refractivity contribution >= 4 is 47.7 Å². The van der Waals surface area contributed by atoms with Gasteiger partial charge in [-0.05, 0) is 55.7 Å². The molecule has 2 amide bonds. The molecular weight excluding hydrogens is 472 g/mol. The van der Waals surface area contributed by atoms with Crippen LogP contribution in [0.15, 0.2) is 55.0 Å². The third kappa shape index (κ3) is 7.38. The summed E-state index contributed by atoms with van der Waals surface area (Å²) in [4.78, 5) is 49.3. The molecule has 3 aromatic heterocycles. The molecule has 0 bridgehead atoms. The number of H-pyrrole nitrogens is 1. The molecule has 0 radical (unpaired) electrons. The molecule has 4 aromatic rings. The van der Waals surface area contributed by atoms with Crippen molar-refractivity contribution in [2.24, 2.45) is 5.92 Å². The zero-order chi connectivity index (χ0) is 27.4. The van der Waals surface area contributed by atoms with Gasteiger partial charge in [-0.25, -0.2) is 0 Å². The van der Waals surface area contributed by atoms with Gasteiger partial charge in [-0.2, -0.15) is 5.10 Å². The van der Waals surface area contributed by atoms with E-state index in [-0.39, 0.29) is 17.7 Å². The van der Waals surface area contributed by atoms with E-state index in [1.54, 1.807) is 24.7 Å². The molecule has 0 saturated heterocycles. The zero-order valence-corrected chi connectivity index (χ0v) is 21.1. The van der Waals surface area contributed by atoms with Crippen molar-refractivity contribution in [3.8, 4) is 11.1 Å². The van der Waals surface area contributed by atoms with Crippen LogP contribution in [0.3, 0.4) is 0 Å². The molecule has 10 heteroatoms. The summed E-state index contributed by atoms with van der Waals surface area (Å²) in [5, 5.41) is 13.5. The molecule has 1 aliphatic carbocycles. The number of rotatable bonds is 5. The van der Waals surface area contributed by atoms with Crippen LogP contribution in [0.1, 0.15) is 42.9 Å². The minimum atomic E-state index is -0.322. The van der Waals surface area contributed by atoms with Gasteiger partial charge in [0, 0.05) is 28.8 Å². The number of nitrogens with one attached hydrogen (secondary N) is 3. The fraction of sp³-hybridized carbons (Fsp3) is 0.222. The molecule has 1 aromatic carbocycles. The predicted octanol–water partition coefficient (Wildman–Crippen LogP) is 4.59. The van der Waals surface area contributed by atoms with Crippen LogP contribution in [0.25, 0.3) is 22.0 Å². The van der Waals surface area contributed by atoms with Gasteiger partial charge < -0.3 is 20.2 Å². The summed E-state index contributed by atoms with van der Waals surface area (Å²) < 4.78 is 0. The number of amides is 2. The van der Waals surface area contributed by atoms with Crippen molar-refractivity contribution in [3.63, 3.8) is 0 Å². The Bertz CT molecular complexity index is 1330. The summed E-state index contributed by atoms with van der Waals surface area (Å²) in [6.07, 6.45) is 6.86. The molecule has 37 heavy (non-hydrogen) atoms. The van der Waals surface area contributed by atoms with Crippen molar-refractivity contribution in [2.45, 2.75) is 33.6 Å². The summed E-state index contributed by atoms with van der Waals surface area (Å²) in [5.74, 6) is -0.165. The Morgan fingerprint density at radius 1 is 0.892 bits per heavy atom. The second-order valence-electron chi connectivity index (χ2n) is 7.70. The summed E-state index contributed by atoms with van der Waals surface area (Å²) in [5.41, 5.74) is 4.89. The number of benzene rings is 1. The summed E-state index contributed by atoms with van der Waals surface area (Å²) in [6.45, 7) is 9.88. The van der Waals surface area contributed by atoms with Crippen LogP contribution in [0.2, 0.25) is 0 Å². The van der Waals surface area contributed by atoms with Crippen LogP contribution in [0.5, 0.6) is 0 Å². The molecule has 1 saturated carbocycles. The number of carbonyl (C=O) groups excluding carboxylic acids is 4. The molecule has 5 rings (SSSR count). The number of carbonyl (C=O) groups is 4. The van der Waals surface area contributed by atoms with Gasteiger partial charge in [0.1, 0.15) is 13.6 Å². The lowest BCUT2D eigenvalue weighted by Crippen LogP contribution is -2.13. The topological polar surface area (TPSA) is 147 Å². The molecule has 0 spiro atoms. The van der Waals surface area contributed by atoms with E-state index in [9.17, 15) is 9.59 Å². The number of aromatic amines is 1. The molecule has 3 N–H and O–H groups in total. The van der Waals surface area contributed by atoms with E-state index >= 15 is 0 Å². The average Bonchev–Trinajstić information content (AvgIpc) is 3.72. The number of aromatic nitrogens is 4. The predicted molar refractivity (Wildman–Crippen MR) is 143 cm³/mol. The average molecular weight is 503 g/mol. The number of aryl methyl sites for hydroxylation is 1. The normalized spacial score (nSPS) is 11.4. The summed E-state index contributed by atoms with van der Waals surface area (Å²) in [7, 11) is 0. The number of pyridine rings is 2. The van der Waals surface area contributed by atoms with Crippen molar-refractivity contribution in [1.82, 2.24) is 20.2 Å². The highest BCUT2D eigenvalue weighted by molar-refractivity contribution is 6.11. The van der Waals surface area contributed by atoms with E-state index in [1.165, 1.54) is 0 Å². The van der Waals surface area contributed by atoms with Crippen molar-refractivity contribution < 1.29 is 19.2 Å². The lowest BCUT2D eigenvalue weighted by Gasteiger charge is -2.07. The molecule has 0 atom stereocenters. The van der Waals surface area contributed by atoms with Gasteiger partial charge in [-0.1, -0.05) is 19.9 Å². The van der Waals surface area contributed by atoms with E-state index in [0.29, 0.717) is 22.5 Å². The van der Waals surface area contributed by atoms with E-state index < -0.39 is 0 Å². The largest absolute Gasteiger partial charge is 0.324 e. The first-order valence-electron chi connectivity index (χ1n) is 11.6. The van der Waals surface area contributed by atoms with Gasteiger partial charge in [-0.15, -0.1) is 0 Å². The van der Waals surface area contributed by atoms with Crippen LogP contribution >= 0.6 is 0 Å². The molecule has 3 heterocycles. The number of hydrogen-bond acceptors (Lipinski definition) is 7. The van der Waals surface area contributed by atoms with Crippen LogP contribution < -0.4 is 10.6 Å². The van der Waals surface area contributed by atoms with E-state index in [4.69, 9.17) is 9.59 Å². The number of fused-ring (bicyclic) bond motifs is 1. The van der Waals surface area contributed by atoms with Crippen LogP contribution in [-0.2, 0) is 14.4 Å². The monoisotopic (exact) mass is 502 g/mol. The molecule has 1 aliphatic rings. The maximum absolute atomic E-state index is 12.8. The Morgan fingerprint density at radius 3 is 2.27 bits per heavy atom. The molecule has 0 unspecified atom stereocenters. The van der Waals surface area contributed by atoms with Gasteiger partial charge >= 0.3 is 0 Å². The quantitative estimate of drug-likeness (QED) is 0.362. The number of nitrogens with zero attached hydrogens (tertiary/aromatic N) is 3. The maximum atomic E-state index is 12.8. The highest BCUT2D eigenvalue weighted by Crippen LogP contribution is 2.31. The van der Waals surface area contributed by atoms with Crippen molar-refractivity contribution in [3.05, 3.63) is 66.4 Å². The summed E-state index contributed by atoms with van der Waals surface area (Å²) in [6, 6.07) is 11.2. The Labute approximate surface area is 214 Å². The van der Waals surface area contributed by atoms with E-state index in [1.807, 2.05) is 64.7 Å². The number of anilines is 2. The molecule has 192 valence electrons. The summed E-state index contributed by atoms with van der Waals surface area (Å²) >= 11 is 0. The lowest BCUT2D eigenvalue weighted by molar-refractivity contribution is -0.117. The lowest BCUT2D eigenvalue weighted by atomic mass is 10.0. The van der Waals surface area contributed by atoms with Crippen LogP contribution in [-0.4, -0.2) is 45.6 Å². The van der Waals surface area contributed by atoms with Gasteiger partial charge in [0.05, 0.1) is 29.3 Å². The first kappa shape index (κ1) is 28.5. The minimum Gasteiger partial charge on any atom is -0.324 e. The third-order valence-electron chi connectivity index (χ3n) is 5.23. The SMILES string of the molecule is C=O.C=O.CC.Cc1ccc(NC(=O)c2n[nH]c3ccc(-c4cncc(NC(=O)C5CC5)c4)cc23)cn1. The van der Waals surface area contributed by atoms with Gasteiger partial charge in [-0.3, -0.25) is 24.7 Å². The van der Waals surface area contributed by atoms with Crippen molar-refractivity contribution in [2.75, 3.05) is 10.6 Å². The fourth-order valence-corrected chi connectivity index (χ4v) is 3.35. The standard InChI is InChI=1S/C23H20N6O2.C2H6.2CH2O/c1-13-2-6-17(12-25-13)26-23(31)21-19-9-15(5-7-20(19)28-29-21)16-8-18(11-24-10-16)27-22(30)14-3-4-14;3*1-2/h2,5-12,14H,3-4H2,1H3,(H,26,31)(H,27,30)(H,28,29);1-2H3;2*1H2. The molecule has 1 fully saturated rings. The van der Waals surface area contributed by atoms with Crippen molar-refractivity contribution in [1.29, 1.82) is 0 Å². The second kappa shape index (κ2) is 14.0. The molecule has 10 nitrogen and oxygen atoms in total. The Kier molecular flexibility index (Phi) is 10.8. The smallest absolute Gasteiger partial charge is 0.276 e. The maximum Gasteiger partial charge on any atom is 0.276 e.